The highest BCUT2D eigenvalue weighted by atomic mass is 15.0. The maximum absolute atomic E-state index is 5.94. The van der Waals surface area contributed by atoms with Crippen molar-refractivity contribution in [2.24, 2.45) is 5.73 Å². The van der Waals surface area contributed by atoms with Gasteiger partial charge >= 0.3 is 0 Å². The molecule has 1 heterocycles. The average Bonchev–Trinajstić information content (AvgIpc) is 3.44. The van der Waals surface area contributed by atoms with Gasteiger partial charge in [0.15, 0.2) is 0 Å². The molecule has 2 nitrogen and oxygen atoms in total. The topological polar surface area (TPSA) is 30.9 Å². The van der Waals surface area contributed by atoms with E-state index in [1.54, 1.807) is 6.20 Å². The van der Waals surface area contributed by atoms with E-state index in [9.17, 15) is 0 Å². The van der Waals surface area contributed by atoms with Gasteiger partial charge in [0.25, 0.3) is 0 Å². The minimum Gasteiger partial charge on any atom is -0.405 e. The van der Waals surface area contributed by atoms with Crippen LogP contribution in [0.2, 0.25) is 0 Å². The van der Waals surface area contributed by atoms with Crippen LogP contribution in [0.5, 0.6) is 0 Å². The lowest BCUT2D eigenvalue weighted by atomic mass is 9.85. The van der Waals surface area contributed by atoms with E-state index in [0.29, 0.717) is 0 Å². The second-order valence-corrected chi connectivity index (χ2v) is 12.8. The Morgan fingerprint density at radius 3 is 1.67 bits per heavy atom. The van der Waals surface area contributed by atoms with Gasteiger partial charge in [-0.2, -0.15) is 0 Å². The first-order valence-corrected chi connectivity index (χ1v) is 16.8. The SMILES string of the molecule is Cc1c(/C=C\N)n(-c2ccccc2)c2ccc(-c3cccc(-c4c5ccccc5c(-c5ccc6ccccc6c5)c5ccccc45)c3)cc12. The van der Waals surface area contributed by atoms with Gasteiger partial charge in [0.2, 0.25) is 0 Å². The molecule has 0 saturated carbocycles. The highest BCUT2D eigenvalue weighted by molar-refractivity contribution is 6.21. The van der Waals surface area contributed by atoms with E-state index in [2.05, 4.69) is 175 Å². The van der Waals surface area contributed by atoms with Crippen LogP contribution < -0.4 is 5.73 Å². The lowest BCUT2D eigenvalue weighted by Crippen LogP contribution is -1.97. The van der Waals surface area contributed by atoms with Gasteiger partial charge in [-0.05, 0) is 127 Å². The summed E-state index contributed by atoms with van der Waals surface area (Å²) in [5, 5.41) is 8.76. The molecule has 0 fully saturated rings. The molecular weight excluding hydrogens is 593 g/mol. The molecule has 0 radical (unpaired) electrons. The Hall–Kier alpha value is -6.38. The van der Waals surface area contributed by atoms with Crippen LogP contribution in [0, 0.1) is 6.92 Å². The normalized spacial score (nSPS) is 11.8. The number of rotatable bonds is 5. The van der Waals surface area contributed by atoms with Crippen LogP contribution in [0.4, 0.5) is 0 Å². The van der Waals surface area contributed by atoms with Crippen molar-refractivity contribution in [2.75, 3.05) is 0 Å². The number of fused-ring (bicyclic) bond motifs is 4. The van der Waals surface area contributed by atoms with E-state index < -0.39 is 0 Å². The van der Waals surface area contributed by atoms with E-state index in [-0.39, 0.29) is 0 Å². The van der Waals surface area contributed by atoms with Gasteiger partial charge in [0.05, 0.1) is 11.2 Å². The third kappa shape index (κ3) is 4.72. The zero-order chi connectivity index (χ0) is 32.9. The molecule has 0 aliphatic carbocycles. The first-order chi connectivity index (χ1) is 24.2. The molecule has 0 bridgehead atoms. The number of hydrogen-bond donors (Lipinski definition) is 1. The summed E-state index contributed by atoms with van der Waals surface area (Å²) in [5.74, 6) is 0. The molecule has 2 heteroatoms. The number of aryl methyl sites for hydroxylation is 1. The van der Waals surface area contributed by atoms with Gasteiger partial charge in [-0.3, -0.25) is 0 Å². The molecule has 0 aliphatic heterocycles. The van der Waals surface area contributed by atoms with Crippen molar-refractivity contribution in [3.05, 3.63) is 181 Å². The number of hydrogen-bond acceptors (Lipinski definition) is 1. The number of para-hydroxylation sites is 1. The van der Waals surface area contributed by atoms with Gasteiger partial charge in [-0.25, -0.2) is 0 Å². The van der Waals surface area contributed by atoms with Crippen LogP contribution in [0.1, 0.15) is 11.3 Å². The van der Waals surface area contributed by atoms with E-state index in [1.165, 1.54) is 76.6 Å². The third-order valence-corrected chi connectivity index (χ3v) is 9.99. The minimum atomic E-state index is 1.10. The monoisotopic (exact) mass is 626 g/mol. The van der Waals surface area contributed by atoms with E-state index in [0.717, 1.165) is 16.9 Å². The summed E-state index contributed by atoms with van der Waals surface area (Å²) in [6.07, 6.45) is 3.63. The molecular formula is C47H34N2. The smallest absolute Gasteiger partial charge is 0.0538 e. The second-order valence-electron chi connectivity index (χ2n) is 12.8. The Kier molecular flexibility index (Phi) is 6.88. The maximum Gasteiger partial charge on any atom is 0.0538 e. The van der Waals surface area contributed by atoms with Crippen molar-refractivity contribution < 1.29 is 0 Å². The van der Waals surface area contributed by atoms with Crippen LogP contribution in [-0.4, -0.2) is 4.57 Å². The summed E-state index contributed by atoms with van der Waals surface area (Å²) in [7, 11) is 0. The van der Waals surface area contributed by atoms with Crippen molar-refractivity contribution in [1.82, 2.24) is 4.57 Å². The lowest BCUT2D eigenvalue weighted by molar-refractivity contribution is 1.10. The van der Waals surface area contributed by atoms with Crippen molar-refractivity contribution in [1.29, 1.82) is 0 Å². The molecule has 9 rings (SSSR count). The first-order valence-electron chi connectivity index (χ1n) is 16.8. The largest absolute Gasteiger partial charge is 0.405 e. The van der Waals surface area contributed by atoms with Crippen LogP contribution in [-0.2, 0) is 0 Å². The average molecular weight is 627 g/mol. The number of nitrogens with zero attached hydrogens (tertiary/aromatic N) is 1. The summed E-state index contributed by atoms with van der Waals surface area (Å²) < 4.78 is 2.30. The Bertz CT molecular complexity index is 2670. The van der Waals surface area contributed by atoms with Gasteiger partial charge in [0.1, 0.15) is 0 Å². The quantitative estimate of drug-likeness (QED) is 0.189. The molecule has 0 unspecified atom stereocenters. The summed E-state index contributed by atoms with van der Waals surface area (Å²) >= 11 is 0. The van der Waals surface area contributed by atoms with Crippen LogP contribution in [0.25, 0.3) is 88.4 Å². The molecule has 232 valence electrons. The van der Waals surface area contributed by atoms with E-state index in [1.807, 2.05) is 6.08 Å². The van der Waals surface area contributed by atoms with Gasteiger partial charge in [0, 0.05) is 11.1 Å². The molecule has 0 aliphatic rings. The third-order valence-electron chi connectivity index (χ3n) is 9.99. The molecule has 1 aromatic heterocycles. The molecule has 2 N–H and O–H groups in total. The molecule has 49 heavy (non-hydrogen) atoms. The molecule has 0 spiro atoms. The minimum absolute atomic E-state index is 1.10. The van der Waals surface area contributed by atoms with Crippen molar-refractivity contribution in [3.63, 3.8) is 0 Å². The highest BCUT2D eigenvalue weighted by Crippen LogP contribution is 2.45. The summed E-state index contributed by atoms with van der Waals surface area (Å²) in [5.41, 5.74) is 17.9. The molecule has 0 atom stereocenters. The molecule has 0 amide bonds. The van der Waals surface area contributed by atoms with E-state index in [4.69, 9.17) is 5.73 Å². The lowest BCUT2D eigenvalue weighted by Gasteiger charge is -2.18. The summed E-state index contributed by atoms with van der Waals surface area (Å²) in [6, 6.07) is 59.6. The van der Waals surface area contributed by atoms with Crippen LogP contribution >= 0.6 is 0 Å². The fourth-order valence-corrected chi connectivity index (χ4v) is 7.74. The zero-order valence-electron chi connectivity index (χ0n) is 27.3. The van der Waals surface area contributed by atoms with Crippen LogP contribution in [0.3, 0.4) is 0 Å². The number of nitrogens with two attached hydrogens (primary N) is 1. The van der Waals surface area contributed by atoms with Crippen molar-refractivity contribution >= 4 is 49.3 Å². The van der Waals surface area contributed by atoms with Gasteiger partial charge < -0.3 is 10.3 Å². The fraction of sp³-hybridized carbons (Fsp3) is 0.0213. The van der Waals surface area contributed by atoms with Crippen LogP contribution in [0.15, 0.2) is 170 Å². The first kappa shape index (κ1) is 28.8. The number of aromatic nitrogens is 1. The predicted octanol–water partition coefficient (Wildman–Crippen LogP) is 12.3. The maximum atomic E-state index is 5.94. The standard InChI is InChI=1S/C47H34N2/c1-31-43-30-35(24-25-45(43)49(44(31)26-27-48)38-16-3-2-4-17-38)34-14-11-15-36(29-34)46-39-18-7-9-20-41(39)47(42-21-10-8-19-40(42)46)37-23-22-32-12-5-6-13-33(32)28-37/h2-30H,48H2,1H3/b27-26-. The Morgan fingerprint density at radius 1 is 0.449 bits per heavy atom. The highest BCUT2D eigenvalue weighted by Gasteiger charge is 2.18. The van der Waals surface area contributed by atoms with Crippen molar-refractivity contribution in [2.45, 2.75) is 6.92 Å². The molecule has 8 aromatic carbocycles. The van der Waals surface area contributed by atoms with E-state index >= 15 is 0 Å². The van der Waals surface area contributed by atoms with Crippen molar-refractivity contribution in [3.8, 4) is 39.1 Å². The second kappa shape index (κ2) is 11.7. The fourth-order valence-electron chi connectivity index (χ4n) is 7.74. The zero-order valence-corrected chi connectivity index (χ0v) is 27.3. The number of benzene rings is 8. The Morgan fingerprint density at radius 2 is 1.00 bits per heavy atom. The predicted molar refractivity (Wildman–Crippen MR) is 210 cm³/mol. The summed E-state index contributed by atoms with van der Waals surface area (Å²) in [6.45, 7) is 2.19. The summed E-state index contributed by atoms with van der Waals surface area (Å²) in [4.78, 5) is 0. The van der Waals surface area contributed by atoms with Gasteiger partial charge in [-0.1, -0.05) is 127 Å². The molecule has 9 aromatic rings. The van der Waals surface area contributed by atoms with Gasteiger partial charge in [-0.15, -0.1) is 0 Å². The Balaban J connectivity index is 1.24. The molecule has 0 saturated heterocycles. The Labute approximate surface area is 286 Å².